The molecule has 0 aliphatic carbocycles. The van der Waals surface area contributed by atoms with Gasteiger partial charge in [0.15, 0.2) is 0 Å². The summed E-state index contributed by atoms with van der Waals surface area (Å²) in [6.45, 7) is 2.92. The minimum Gasteiger partial charge on any atom is -0.378 e. The van der Waals surface area contributed by atoms with Gasteiger partial charge >= 0.3 is 0 Å². The van der Waals surface area contributed by atoms with Crippen LogP contribution in [-0.2, 0) is 4.74 Å². The predicted octanol–water partition coefficient (Wildman–Crippen LogP) is 2.36. The van der Waals surface area contributed by atoms with Crippen molar-refractivity contribution in [3.05, 3.63) is 24.3 Å². The van der Waals surface area contributed by atoms with Crippen molar-refractivity contribution in [2.45, 2.75) is 31.9 Å². The molecule has 2 aromatic rings. The fourth-order valence-electron chi connectivity index (χ4n) is 2.66. The Balaban J connectivity index is 2.06. The number of fused-ring (bicyclic) bond motifs is 1. The van der Waals surface area contributed by atoms with Gasteiger partial charge in [-0.2, -0.15) is 0 Å². The van der Waals surface area contributed by atoms with Crippen molar-refractivity contribution in [2.75, 3.05) is 12.3 Å². The average molecular weight is 231 g/mol. The molecule has 0 amide bonds. The first kappa shape index (κ1) is 10.6. The topological polar surface area (TPSA) is 53.1 Å². The van der Waals surface area contributed by atoms with Crippen LogP contribution in [0.15, 0.2) is 24.3 Å². The summed E-state index contributed by atoms with van der Waals surface area (Å²) in [5, 5.41) is 0. The smallest absolute Gasteiger partial charge is 0.201 e. The minimum atomic E-state index is 0.300. The number of benzene rings is 1. The number of para-hydroxylation sites is 2. The summed E-state index contributed by atoms with van der Waals surface area (Å²) >= 11 is 0. The summed E-state index contributed by atoms with van der Waals surface area (Å²) in [6.07, 6.45) is 2.31. The van der Waals surface area contributed by atoms with Gasteiger partial charge in [0.2, 0.25) is 5.95 Å². The molecule has 90 valence electrons. The molecule has 0 radical (unpaired) electrons. The number of rotatable bonds is 1. The van der Waals surface area contributed by atoms with Crippen LogP contribution in [0.3, 0.4) is 0 Å². The maximum absolute atomic E-state index is 6.04. The Morgan fingerprint density at radius 3 is 3.06 bits per heavy atom. The van der Waals surface area contributed by atoms with Crippen molar-refractivity contribution in [2.24, 2.45) is 0 Å². The largest absolute Gasteiger partial charge is 0.378 e. The minimum absolute atomic E-state index is 0.300. The Morgan fingerprint density at radius 2 is 2.24 bits per heavy atom. The van der Waals surface area contributed by atoms with E-state index >= 15 is 0 Å². The second-order valence-corrected chi connectivity index (χ2v) is 4.69. The van der Waals surface area contributed by atoms with Crippen LogP contribution in [-0.4, -0.2) is 22.3 Å². The first-order valence-corrected chi connectivity index (χ1v) is 6.10. The fourth-order valence-corrected chi connectivity index (χ4v) is 2.66. The Hall–Kier alpha value is -1.55. The molecule has 2 heterocycles. The van der Waals surface area contributed by atoms with E-state index in [1.54, 1.807) is 0 Å². The first-order chi connectivity index (χ1) is 8.25. The van der Waals surface area contributed by atoms with E-state index in [0.29, 0.717) is 18.1 Å². The number of ether oxygens (including phenoxy) is 1. The molecule has 4 heteroatoms. The molecule has 4 nitrogen and oxygen atoms in total. The lowest BCUT2D eigenvalue weighted by Crippen LogP contribution is -2.26. The second-order valence-electron chi connectivity index (χ2n) is 4.69. The van der Waals surface area contributed by atoms with Gasteiger partial charge < -0.3 is 15.0 Å². The van der Waals surface area contributed by atoms with Gasteiger partial charge in [0.05, 0.1) is 17.1 Å². The maximum Gasteiger partial charge on any atom is 0.201 e. The van der Waals surface area contributed by atoms with E-state index in [4.69, 9.17) is 10.5 Å². The van der Waals surface area contributed by atoms with E-state index in [2.05, 4.69) is 22.5 Å². The van der Waals surface area contributed by atoms with Gasteiger partial charge in [0.25, 0.3) is 0 Å². The molecule has 1 aliphatic heterocycles. The third kappa shape index (κ3) is 1.78. The highest BCUT2D eigenvalue weighted by molar-refractivity contribution is 5.78. The first-order valence-electron chi connectivity index (χ1n) is 6.10. The molecule has 1 aliphatic rings. The van der Waals surface area contributed by atoms with Crippen LogP contribution in [0.5, 0.6) is 0 Å². The molecule has 0 spiro atoms. The van der Waals surface area contributed by atoms with Gasteiger partial charge in [-0.05, 0) is 31.9 Å². The molecule has 17 heavy (non-hydrogen) atoms. The van der Waals surface area contributed by atoms with E-state index < -0.39 is 0 Å². The number of hydrogen-bond acceptors (Lipinski definition) is 3. The van der Waals surface area contributed by atoms with Crippen LogP contribution in [0, 0.1) is 0 Å². The number of nitrogens with zero attached hydrogens (tertiary/aromatic N) is 2. The Kier molecular flexibility index (Phi) is 2.52. The zero-order valence-electron chi connectivity index (χ0n) is 9.97. The molecule has 3 rings (SSSR count). The molecule has 1 saturated heterocycles. The van der Waals surface area contributed by atoms with Crippen LogP contribution in [0.25, 0.3) is 11.0 Å². The van der Waals surface area contributed by atoms with Crippen molar-refractivity contribution < 1.29 is 4.74 Å². The highest BCUT2D eigenvalue weighted by atomic mass is 16.5. The lowest BCUT2D eigenvalue weighted by atomic mass is 10.0. The van der Waals surface area contributed by atoms with Crippen molar-refractivity contribution in [1.29, 1.82) is 0 Å². The monoisotopic (exact) mass is 231 g/mol. The summed E-state index contributed by atoms with van der Waals surface area (Å²) in [6, 6.07) is 8.52. The van der Waals surface area contributed by atoms with Crippen molar-refractivity contribution in [1.82, 2.24) is 9.55 Å². The van der Waals surface area contributed by atoms with Gasteiger partial charge in [-0.25, -0.2) is 4.98 Å². The molecular formula is C13H17N3O. The molecule has 2 atom stereocenters. The summed E-state index contributed by atoms with van der Waals surface area (Å²) in [4.78, 5) is 4.41. The number of imidazole rings is 1. The number of nitrogens with two attached hydrogens (primary N) is 1. The molecular weight excluding hydrogens is 214 g/mol. The molecule has 2 N–H and O–H groups in total. The van der Waals surface area contributed by atoms with Crippen molar-refractivity contribution >= 4 is 17.0 Å². The van der Waals surface area contributed by atoms with Crippen molar-refractivity contribution in [3.63, 3.8) is 0 Å². The van der Waals surface area contributed by atoms with Crippen molar-refractivity contribution in [3.8, 4) is 0 Å². The third-order valence-corrected chi connectivity index (χ3v) is 3.45. The van der Waals surface area contributed by atoms with Crippen LogP contribution < -0.4 is 5.73 Å². The summed E-state index contributed by atoms with van der Waals surface area (Å²) in [7, 11) is 0. The van der Waals surface area contributed by atoms with Gasteiger partial charge in [0.1, 0.15) is 0 Å². The average Bonchev–Trinajstić information content (AvgIpc) is 2.64. The number of nitrogen functional groups attached to an aromatic ring is 1. The molecule has 1 aromatic carbocycles. The van der Waals surface area contributed by atoms with Gasteiger partial charge in [0, 0.05) is 12.6 Å². The zero-order valence-corrected chi connectivity index (χ0v) is 9.97. The zero-order chi connectivity index (χ0) is 11.8. The SMILES string of the molecule is CC1CC(n2c(N)nc3ccccc32)CCO1. The second kappa shape index (κ2) is 4.04. The number of anilines is 1. The highest BCUT2D eigenvalue weighted by Crippen LogP contribution is 2.30. The molecule has 1 fully saturated rings. The maximum atomic E-state index is 6.04. The highest BCUT2D eigenvalue weighted by Gasteiger charge is 2.23. The Bertz CT molecular complexity index is 534. The van der Waals surface area contributed by atoms with Crippen LogP contribution in [0.2, 0.25) is 0 Å². The van der Waals surface area contributed by atoms with Crippen LogP contribution in [0.4, 0.5) is 5.95 Å². The standard InChI is InChI=1S/C13H17N3O/c1-9-8-10(6-7-17-9)16-12-5-3-2-4-11(12)15-13(16)14/h2-5,9-10H,6-8H2,1H3,(H2,14,15). The number of aromatic nitrogens is 2. The molecule has 0 bridgehead atoms. The fraction of sp³-hybridized carbons (Fsp3) is 0.462. The van der Waals surface area contributed by atoms with E-state index in [1.165, 1.54) is 0 Å². The third-order valence-electron chi connectivity index (χ3n) is 3.45. The number of hydrogen-bond donors (Lipinski definition) is 1. The summed E-state index contributed by atoms with van der Waals surface area (Å²) in [5.41, 5.74) is 8.15. The van der Waals surface area contributed by atoms with E-state index in [0.717, 1.165) is 30.5 Å². The van der Waals surface area contributed by atoms with Crippen LogP contribution >= 0.6 is 0 Å². The molecule has 2 unspecified atom stereocenters. The van der Waals surface area contributed by atoms with Gasteiger partial charge in [-0.1, -0.05) is 12.1 Å². The summed E-state index contributed by atoms with van der Waals surface area (Å²) < 4.78 is 7.74. The Morgan fingerprint density at radius 1 is 1.41 bits per heavy atom. The lowest BCUT2D eigenvalue weighted by molar-refractivity contribution is 0.00714. The molecule has 1 aromatic heterocycles. The predicted molar refractivity (Wildman–Crippen MR) is 67.8 cm³/mol. The molecule has 0 saturated carbocycles. The lowest BCUT2D eigenvalue weighted by Gasteiger charge is -2.29. The van der Waals surface area contributed by atoms with E-state index in [9.17, 15) is 0 Å². The van der Waals surface area contributed by atoms with E-state index in [-0.39, 0.29) is 0 Å². The normalized spacial score (nSPS) is 25.2. The summed E-state index contributed by atoms with van der Waals surface area (Å²) in [5.74, 6) is 0.616. The Labute approximate surface area is 100 Å². The quantitative estimate of drug-likeness (QED) is 0.819. The van der Waals surface area contributed by atoms with Gasteiger partial charge in [-0.3, -0.25) is 0 Å². The van der Waals surface area contributed by atoms with Crippen LogP contribution in [0.1, 0.15) is 25.8 Å². The van der Waals surface area contributed by atoms with E-state index in [1.807, 2.05) is 18.2 Å². The van der Waals surface area contributed by atoms with Gasteiger partial charge in [-0.15, -0.1) is 0 Å².